The van der Waals surface area contributed by atoms with Gasteiger partial charge in [0.05, 0.1) is 12.4 Å². The highest BCUT2D eigenvalue weighted by Gasteiger charge is 2.04. The fourth-order valence-electron chi connectivity index (χ4n) is 0.598. The average molecular weight is 225 g/mol. The van der Waals surface area contributed by atoms with Gasteiger partial charge in [-0.3, -0.25) is 4.55 Å². The summed E-state index contributed by atoms with van der Waals surface area (Å²) in [5.41, 5.74) is 0. The molecule has 0 amide bonds. The highest BCUT2D eigenvalue weighted by atomic mass is 32.2. The van der Waals surface area contributed by atoms with Crippen LogP contribution in [-0.2, 0) is 19.6 Å². The van der Waals surface area contributed by atoms with E-state index in [4.69, 9.17) is 4.55 Å². The van der Waals surface area contributed by atoms with E-state index >= 15 is 0 Å². The third-order valence-electron chi connectivity index (χ3n) is 1.09. The molecule has 4 N–H and O–H groups in total. The van der Waals surface area contributed by atoms with Gasteiger partial charge in [0.2, 0.25) is 0 Å². The van der Waals surface area contributed by atoms with Gasteiger partial charge in [0, 0.05) is 6.08 Å². The fourth-order valence-corrected chi connectivity index (χ4v) is 1.08. The van der Waals surface area contributed by atoms with Crippen LogP contribution in [-0.4, -0.2) is 31.3 Å². The predicted octanol–water partition coefficient (Wildman–Crippen LogP) is 0.546. The van der Waals surface area contributed by atoms with Crippen molar-refractivity contribution >= 4 is 16.1 Å². The van der Waals surface area contributed by atoms with Crippen LogP contribution >= 0.6 is 0 Å². The summed E-state index contributed by atoms with van der Waals surface area (Å²) in [6.07, 6.45) is 2.85. The van der Waals surface area contributed by atoms with Gasteiger partial charge < -0.3 is 10.9 Å². The summed E-state index contributed by atoms with van der Waals surface area (Å²) in [5, 5.41) is 0. The molecule has 0 spiro atoms. The first-order chi connectivity index (χ1) is 5.95. The highest BCUT2D eigenvalue weighted by Crippen LogP contribution is 1.90. The molecule has 0 aliphatic heterocycles. The van der Waals surface area contributed by atoms with Gasteiger partial charge in [0.15, 0.2) is 0 Å². The summed E-state index contributed by atoms with van der Waals surface area (Å²) in [6.45, 7) is 1.66. The zero-order chi connectivity index (χ0) is 10.3. The molecule has 14 heavy (non-hydrogen) atoms. The van der Waals surface area contributed by atoms with E-state index in [1.165, 1.54) is 12.2 Å². The number of carbonyl (C=O) groups is 1. The van der Waals surface area contributed by atoms with Crippen molar-refractivity contribution in [3.63, 3.8) is 0 Å². The Bertz CT molecular complexity index is 282. The molecule has 0 aliphatic rings. The number of ether oxygens (including phenoxy) is 1. The monoisotopic (exact) mass is 225 g/mol. The normalized spacial score (nSPS) is 11.0. The molecule has 0 unspecified atom stereocenters. The molecule has 84 valence electrons. The van der Waals surface area contributed by atoms with Crippen LogP contribution < -0.4 is 6.15 Å². The molecule has 0 aromatic heterocycles. The van der Waals surface area contributed by atoms with Crippen LogP contribution in [0.25, 0.3) is 0 Å². The van der Waals surface area contributed by atoms with Gasteiger partial charge in [-0.15, -0.1) is 0 Å². The second kappa shape index (κ2) is 7.48. The van der Waals surface area contributed by atoms with E-state index in [2.05, 4.69) is 4.74 Å². The van der Waals surface area contributed by atoms with Gasteiger partial charge >= 0.3 is 5.97 Å². The van der Waals surface area contributed by atoms with Crippen molar-refractivity contribution in [1.82, 2.24) is 6.15 Å². The third-order valence-corrected chi connectivity index (χ3v) is 1.90. The van der Waals surface area contributed by atoms with Crippen LogP contribution in [0.4, 0.5) is 0 Å². The van der Waals surface area contributed by atoms with E-state index in [0.717, 1.165) is 0 Å². The van der Waals surface area contributed by atoms with Crippen molar-refractivity contribution in [1.29, 1.82) is 0 Å². The number of hydrogen-bond acceptors (Lipinski definition) is 5. The minimum Gasteiger partial charge on any atom is -0.463 e. The van der Waals surface area contributed by atoms with Gasteiger partial charge in [-0.25, -0.2) is 4.79 Å². The third kappa shape index (κ3) is 11.1. The zero-order valence-electron chi connectivity index (χ0n) is 7.97. The lowest BCUT2D eigenvalue weighted by atomic mass is 10.5. The molecule has 0 rings (SSSR count). The molecule has 0 aliphatic carbocycles. The van der Waals surface area contributed by atoms with Crippen molar-refractivity contribution in [3.8, 4) is 0 Å². The van der Waals surface area contributed by atoms with Crippen LogP contribution in [0.5, 0.6) is 0 Å². The number of allylic oxidation sites excluding steroid dienone is 1. The molecular weight excluding hydrogens is 210 g/mol. The number of carbonyl (C=O) groups excluding carboxylic acids is 1. The van der Waals surface area contributed by atoms with E-state index in [9.17, 15) is 13.2 Å². The lowest BCUT2D eigenvalue weighted by molar-refractivity contribution is -0.137. The molecule has 7 heteroatoms. The summed E-state index contributed by atoms with van der Waals surface area (Å²) < 4.78 is 33.3. The zero-order valence-corrected chi connectivity index (χ0v) is 8.79. The lowest BCUT2D eigenvalue weighted by Crippen LogP contribution is -2.09. The second-order valence-corrected chi connectivity index (χ2v) is 3.88. The van der Waals surface area contributed by atoms with E-state index in [1.54, 1.807) is 6.92 Å². The van der Waals surface area contributed by atoms with E-state index in [-0.39, 0.29) is 19.2 Å². The summed E-state index contributed by atoms with van der Waals surface area (Å²) in [4.78, 5) is 10.6. The standard InChI is InChI=1S/C7H12O5S.H3N/c1-2-4-7(8)12-5-3-6-13(9,10)11;/h2,4H,3,5-6H2,1H3,(H,9,10,11);1H3. The SMILES string of the molecule is CC=CC(=O)OCCCS(=O)(=O)O.N. The second-order valence-electron chi connectivity index (χ2n) is 2.31. The molecular formula is C7H15NO5S. The van der Waals surface area contributed by atoms with Gasteiger partial charge in [-0.05, 0) is 13.3 Å². The Balaban J connectivity index is 0. The maximum absolute atomic E-state index is 10.6. The molecule has 6 nitrogen and oxygen atoms in total. The van der Waals surface area contributed by atoms with Crippen LogP contribution in [0.15, 0.2) is 12.2 Å². The Morgan fingerprint density at radius 2 is 2.07 bits per heavy atom. The quantitative estimate of drug-likeness (QED) is 0.305. The topological polar surface area (TPSA) is 116 Å². The van der Waals surface area contributed by atoms with Crippen LogP contribution in [0.2, 0.25) is 0 Å². The Kier molecular flexibility index (Phi) is 8.31. The van der Waals surface area contributed by atoms with Gasteiger partial charge in [0.25, 0.3) is 10.1 Å². The molecule has 0 aromatic rings. The van der Waals surface area contributed by atoms with Crippen molar-refractivity contribution in [2.24, 2.45) is 0 Å². The van der Waals surface area contributed by atoms with E-state index in [0.29, 0.717) is 0 Å². The molecule has 0 bridgehead atoms. The van der Waals surface area contributed by atoms with Crippen LogP contribution in [0, 0.1) is 0 Å². The first kappa shape index (κ1) is 15.5. The Morgan fingerprint density at radius 1 is 1.50 bits per heavy atom. The highest BCUT2D eigenvalue weighted by molar-refractivity contribution is 7.85. The fraction of sp³-hybridized carbons (Fsp3) is 0.571. The van der Waals surface area contributed by atoms with Gasteiger partial charge in [-0.2, -0.15) is 8.42 Å². The van der Waals surface area contributed by atoms with Gasteiger partial charge in [0.1, 0.15) is 0 Å². The van der Waals surface area contributed by atoms with Crippen molar-refractivity contribution < 1.29 is 22.5 Å². The van der Waals surface area contributed by atoms with E-state index < -0.39 is 21.8 Å². The maximum atomic E-state index is 10.6. The Morgan fingerprint density at radius 3 is 2.50 bits per heavy atom. The number of hydrogen-bond donors (Lipinski definition) is 2. The molecule has 0 atom stereocenters. The summed E-state index contributed by atoms with van der Waals surface area (Å²) in [6, 6.07) is 0. The molecule has 0 radical (unpaired) electrons. The summed E-state index contributed by atoms with van der Waals surface area (Å²) in [5.74, 6) is -0.909. The summed E-state index contributed by atoms with van der Waals surface area (Å²) in [7, 11) is -3.94. The molecule has 0 saturated heterocycles. The molecule has 0 saturated carbocycles. The predicted molar refractivity (Wildman–Crippen MR) is 51.8 cm³/mol. The van der Waals surface area contributed by atoms with E-state index in [1.807, 2.05) is 0 Å². The van der Waals surface area contributed by atoms with Crippen LogP contribution in [0.3, 0.4) is 0 Å². The van der Waals surface area contributed by atoms with Gasteiger partial charge in [-0.1, -0.05) is 6.08 Å². The lowest BCUT2D eigenvalue weighted by Gasteiger charge is -1.99. The largest absolute Gasteiger partial charge is 0.463 e. The summed E-state index contributed by atoms with van der Waals surface area (Å²) >= 11 is 0. The molecule has 0 fully saturated rings. The Hall–Kier alpha value is -0.920. The smallest absolute Gasteiger partial charge is 0.330 e. The number of esters is 1. The molecule has 0 heterocycles. The van der Waals surface area contributed by atoms with Crippen molar-refractivity contribution in [3.05, 3.63) is 12.2 Å². The molecule has 0 aromatic carbocycles. The Labute approximate surface area is 83.3 Å². The van der Waals surface area contributed by atoms with Crippen LogP contribution in [0.1, 0.15) is 13.3 Å². The first-order valence-corrected chi connectivity index (χ1v) is 5.31. The minimum absolute atomic E-state index is 0. The maximum Gasteiger partial charge on any atom is 0.330 e. The first-order valence-electron chi connectivity index (χ1n) is 3.70. The minimum atomic E-state index is -3.94. The van der Waals surface area contributed by atoms with Crippen molar-refractivity contribution in [2.75, 3.05) is 12.4 Å². The van der Waals surface area contributed by atoms with Crippen molar-refractivity contribution in [2.45, 2.75) is 13.3 Å². The average Bonchev–Trinajstić information content (AvgIpc) is 1.97. The number of rotatable bonds is 5.